The Morgan fingerprint density at radius 2 is 2.06 bits per heavy atom. The van der Waals surface area contributed by atoms with Gasteiger partial charge in [0, 0.05) is 11.8 Å². The molecule has 2 aromatic heterocycles. The zero-order valence-corrected chi connectivity index (χ0v) is 17.8. The third-order valence-corrected chi connectivity index (χ3v) is 6.37. The number of hydrogen-bond acceptors (Lipinski definition) is 7. The highest BCUT2D eigenvalue weighted by molar-refractivity contribution is 7.17. The number of aromatic nitrogens is 2. The van der Waals surface area contributed by atoms with Crippen molar-refractivity contribution in [2.75, 3.05) is 5.32 Å². The average Bonchev–Trinajstić information content (AvgIpc) is 3.11. The van der Waals surface area contributed by atoms with Crippen LogP contribution in [-0.4, -0.2) is 21.4 Å². The first kappa shape index (κ1) is 20.8. The number of carbonyl (C=O) groups is 2. The maximum atomic E-state index is 13.0. The summed E-state index contributed by atoms with van der Waals surface area (Å²) in [4.78, 5) is 42.9. The molecule has 0 saturated heterocycles. The molecule has 0 aliphatic heterocycles. The smallest absolute Gasteiger partial charge is 0.341 e. The van der Waals surface area contributed by atoms with E-state index >= 15 is 0 Å². The SMILES string of the molecule is CC(=O)Nc1sc2c(c1C(=O)OCc1nc3ccccc3c(=O)n1CC#N)CCCC2. The lowest BCUT2D eigenvalue weighted by atomic mass is 9.95. The van der Waals surface area contributed by atoms with Gasteiger partial charge in [0.1, 0.15) is 18.2 Å². The number of thiophene rings is 1. The second kappa shape index (κ2) is 8.70. The van der Waals surface area contributed by atoms with Gasteiger partial charge in [-0.2, -0.15) is 5.26 Å². The Hall–Kier alpha value is -3.51. The van der Waals surface area contributed by atoms with Gasteiger partial charge in [0.2, 0.25) is 5.91 Å². The van der Waals surface area contributed by atoms with Crippen molar-refractivity contribution in [1.29, 1.82) is 5.26 Å². The lowest BCUT2D eigenvalue weighted by Gasteiger charge is -2.14. The van der Waals surface area contributed by atoms with Gasteiger partial charge < -0.3 is 10.1 Å². The van der Waals surface area contributed by atoms with Crippen molar-refractivity contribution < 1.29 is 14.3 Å². The molecule has 2 heterocycles. The molecule has 1 aliphatic carbocycles. The number of nitriles is 1. The van der Waals surface area contributed by atoms with Crippen LogP contribution < -0.4 is 10.9 Å². The van der Waals surface area contributed by atoms with E-state index in [0.29, 0.717) is 21.5 Å². The maximum Gasteiger partial charge on any atom is 0.341 e. The van der Waals surface area contributed by atoms with Gasteiger partial charge in [0.05, 0.1) is 22.5 Å². The minimum Gasteiger partial charge on any atom is -0.454 e. The first-order valence-corrected chi connectivity index (χ1v) is 10.8. The summed E-state index contributed by atoms with van der Waals surface area (Å²) in [6.07, 6.45) is 3.64. The summed E-state index contributed by atoms with van der Waals surface area (Å²) < 4.78 is 6.75. The van der Waals surface area contributed by atoms with E-state index in [1.54, 1.807) is 24.3 Å². The fourth-order valence-electron chi connectivity index (χ4n) is 3.79. The molecule has 158 valence electrons. The normalized spacial score (nSPS) is 12.8. The number of aryl methyl sites for hydroxylation is 1. The summed E-state index contributed by atoms with van der Waals surface area (Å²) >= 11 is 1.41. The van der Waals surface area contributed by atoms with E-state index < -0.39 is 5.97 Å². The first-order chi connectivity index (χ1) is 15.0. The molecule has 0 fully saturated rings. The van der Waals surface area contributed by atoms with Crippen LogP contribution >= 0.6 is 11.3 Å². The number of fused-ring (bicyclic) bond motifs is 2. The van der Waals surface area contributed by atoms with Gasteiger partial charge in [-0.25, -0.2) is 9.78 Å². The van der Waals surface area contributed by atoms with Crippen molar-refractivity contribution in [3.05, 3.63) is 56.4 Å². The zero-order valence-electron chi connectivity index (χ0n) is 16.9. The molecule has 3 aromatic rings. The zero-order chi connectivity index (χ0) is 22.0. The van der Waals surface area contributed by atoms with E-state index in [0.717, 1.165) is 36.1 Å². The second-order valence-corrected chi connectivity index (χ2v) is 8.37. The highest BCUT2D eigenvalue weighted by Gasteiger charge is 2.27. The van der Waals surface area contributed by atoms with Gasteiger partial charge in [-0.1, -0.05) is 12.1 Å². The van der Waals surface area contributed by atoms with Gasteiger partial charge in [-0.15, -0.1) is 11.3 Å². The topological polar surface area (TPSA) is 114 Å². The maximum absolute atomic E-state index is 13.0. The van der Waals surface area contributed by atoms with E-state index in [-0.39, 0.29) is 30.4 Å². The number of nitrogens with zero attached hydrogens (tertiary/aromatic N) is 3. The van der Waals surface area contributed by atoms with Crippen LogP contribution in [0.3, 0.4) is 0 Å². The molecule has 31 heavy (non-hydrogen) atoms. The van der Waals surface area contributed by atoms with Crippen molar-refractivity contribution in [3.8, 4) is 6.07 Å². The van der Waals surface area contributed by atoms with E-state index in [1.807, 2.05) is 6.07 Å². The number of nitrogens with one attached hydrogen (secondary N) is 1. The summed E-state index contributed by atoms with van der Waals surface area (Å²) in [5, 5.41) is 12.8. The number of para-hydroxylation sites is 1. The Kier molecular flexibility index (Phi) is 5.82. The van der Waals surface area contributed by atoms with Crippen LogP contribution in [0.2, 0.25) is 0 Å². The first-order valence-electron chi connectivity index (χ1n) is 9.94. The molecule has 1 amide bonds. The van der Waals surface area contributed by atoms with Crippen LogP contribution in [0.4, 0.5) is 5.00 Å². The van der Waals surface area contributed by atoms with Crippen LogP contribution in [0.15, 0.2) is 29.1 Å². The third kappa shape index (κ3) is 4.07. The van der Waals surface area contributed by atoms with E-state index in [2.05, 4.69) is 10.3 Å². The summed E-state index contributed by atoms with van der Waals surface area (Å²) in [5.41, 5.74) is 1.42. The summed E-state index contributed by atoms with van der Waals surface area (Å²) in [6.45, 7) is 0.937. The molecule has 1 aliphatic rings. The number of benzene rings is 1. The number of amides is 1. The molecule has 0 atom stereocenters. The Morgan fingerprint density at radius 3 is 2.84 bits per heavy atom. The molecular formula is C22H20N4O4S. The van der Waals surface area contributed by atoms with Crippen molar-refractivity contribution >= 4 is 39.1 Å². The van der Waals surface area contributed by atoms with Crippen LogP contribution in [0.25, 0.3) is 10.9 Å². The fourth-order valence-corrected chi connectivity index (χ4v) is 5.11. The van der Waals surface area contributed by atoms with E-state index in [1.165, 1.54) is 22.8 Å². The fraction of sp³-hybridized carbons (Fsp3) is 0.318. The quantitative estimate of drug-likeness (QED) is 0.615. The number of carbonyl (C=O) groups excluding carboxylic acids is 2. The van der Waals surface area contributed by atoms with E-state index in [9.17, 15) is 14.4 Å². The lowest BCUT2D eigenvalue weighted by molar-refractivity contribution is -0.114. The molecule has 0 saturated carbocycles. The Bertz CT molecular complexity index is 1290. The molecule has 1 aromatic carbocycles. The number of ether oxygens (including phenoxy) is 1. The number of rotatable bonds is 5. The van der Waals surface area contributed by atoms with Gasteiger partial charge in [-0.05, 0) is 43.4 Å². The van der Waals surface area contributed by atoms with Crippen molar-refractivity contribution in [2.45, 2.75) is 45.8 Å². The molecule has 9 heteroatoms. The van der Waals surface area contributed by atoms with Crippen LogP contribution in [0.1, 0.15) is 46.4 Å². The Labute approximate surface area is 182 Å². The monoisotopic (exact) mass is 436 g/mol. The minimum atomic E-state index is -0.575. The number of anilines is 1. The molecule has 0 spiro atoms. The van der Waals surface area contributed by atoms with Crippen LogP contribution in [0, 0.1) is 11.3 Å². The van der Waals surface area contributed by atoms with Crippen LogP contribution in [-0.2, 0) is 35.5 Å². The van der Waals surface area contributed by atoms with Gasteiger partial charge in [0.15, 0.2) is 5.82 Å². The van der Waals surface area contributed by atoms with Gasteiger partial charge in [-0.3, -0.25) is 14.2 Å². The minimum absolute atomic E-state index is 0.198. The Balaban J connectivity index is 1.67. The van der Waals surface area contributed by atoms with Gasteiger partial charge in [0.25, 0.3) is 5.56 Å². The molecule has 0 radical (unpaired) electrons. The average molecular weight is 436 g/mol. The number of esters is 1. The predicted molar refractivity (Wildman–Crippen MR) is 116 cm³/mol. The molecule has 4 rings (SSSR count). The molecule has 1 N–H and O–H groups in total. The highest BCUT2D eigenvalue weighted by atomic mass is 32.1. The number of hydrogen-bond donors (Lipinski definition) is 1. The standard InChI is InChI=1S/C22H20N4O4S/c1-13(27)24-20-19(15-7-3-5-9-17(15)31-20)22(29)30-12-18-25-16-8-4-2-6-14(16)21(28)26(18)11-10-23/h2,4,6,8H,3,5,7,9,11-12H2,1H3,(H,24,27). The van der Waals surface area contributed by atoms with Crippen molar-refractivity contribution in [2.24, 2.45) is 0 Å². The molecule has 0 unspecified atom stereocenters. The van der Waals surface area contributed by atoms with E-state index in [4.69, 9.17) is 10.00 Å². The lowest BCUT2D eigenvalue weighted by Crippen LogP contribution is -2.26. The van der Waals surface area contributed by atoms with Crippen molar-refractivity contribution in [3.63, 3.8) is 0 Å². The van der Waals surface area contributed by atoms with Crippen LogP contribution in [0.5, 0.6) is 0 Å². The Morgan fingerprint density at radius 1 is 1.29 bits per heavy atom. The summed E-state index contributed by atoms with van der Waals surface area (Å²) in [7, 11) is 0. The highest BCUT2D eigenvalue weighted by Crippen LogP contribution is 2.38. The second-order valence-electron chi connectivity index (χ2n) is 7.27. The largest absolute Gasteiger partial charge is 0.454 e. The molecular weight excluding hydrogens is 416 g/mol. The predicted octanol–water partition coefficient (Wildman–Crippen LogP) is 3.18. The van der Waals surface area contributed by atoms with Crippen molar-refractivity contribution in [1.82, 2.24) is 9.55 Å². The van der Waals surface area contributed by atoms with Gasteiger partial charge >= 0.3 is 5.97 Å². The third-order valence-electron chi connectivity index (χ3n) is 5.17. The summed E-state index contributed by atoms with van der Waals surface area (Å²) in [6, 6.07) is 8.78. The summed E-state index contributed by atoms with van der Waals surface area (Å²) in [5.74, 6) is -0.635. The molecule has 8 nitrogen and oxygen atoms in total. The molecule has 0 bridgehead atoms.